The summed E-state index contributed by atoms with van der Waals surface area (Å²) in [6, 6.07) is 5.79. The first-order valence-corrected chi connectivity index (χ1v) is 7.04. The zero-order valence-electron chi connectivity index (χ0n) is 12.5. The number of nitrogens with one attached hydrogen (secondary N) is 2. The summed E-state index contributed by atoms with van der Waals surface area (Å²) in [5.41, 5.74) is 8.62. The number of rotatable bonds is 2. The molecule has 2 rings (SSSR count). The Kier molecular flexibility index (Phi) is 6.49. The molecule has 0 unspecified atom stereocenters. The van der Waals surface area contributed by atoms with Crippen LogP contribution in [0.5, 0.6) is 0 Å². The van der Waals surface area contributed by atoms with E-state index in [1.165, 1.54) is 12.8 Å². The van der Waals surface area contributed by atoms with Crippen molar-refractivity contribution in [2.75, 3.05) is 5.32 Å². The molecule has 0 heterocycles. The molecule has 1 fully saturated rings. The van der Waals surface area contributed by atoms with Gasteiger partial charge in [0, 0.05) is 5.69 Å². The lowest BCUT2D eigenvalue weighted by molar-refractivity contribution is 0.256. The number of halogens is 1. The number of benzene rings is 1. The zero-order chi connectivity index (χ0) is 14.5. The maximum atomic E-state index is 11.9. The summed E-state index contributed by atoms with van der Waals surface area (Å²) < 4.78 is 0. The number of para-hydroxylation sites is 1. The van der Waals surface area contributed by atoms with Crippen LogP contribution in [0.3, 0.4) is 0 Å². The molecule has 0 bridgehead atoms. The fourth-order valence-corrected chi connectivity index (χ4v) is 2.54. The van der Waals surface area contributed by atoms with Gasteiger partial charge in [0.15, 0.2) is 5.96 Å². The van der Waals surface area contributed by atoms with Gasteiger partial charge in [0.1, 0.15) is 0 Å². The van der Waals surface area contributed by atoms with Crippen LogP contribution in [-0.2, 0) is 0 Å². The van der Waals surface area contributed by atoms with Gasteiger partial charge >= 0.3 is 6.03 Å². The van der Waals surface area contributed by atoms with Gasteiger partial charge in [-0.2, -0.15) is 0 Å². The van der Waals surface area contributed by atoms with Gasteiger partial charge in [-0.15, -0.1) is 12.4 Å². The van der Waals surface area contributed by atoms with Gasteiger partial charge in [-0.25, -0.2) is 9.79 Å². The quantitative estimate of drug-likeness (QED) is 0.579. The summed E-state index contributed by atoms with van der Waals surface area (Å²) in [6.45, 7) is 3.91. The first-order valence-electron chi connectivity index (χ1n) is 7.04. The Morgan fingerprint density at radius 3 is 2.38 bits per heavy atom. The number of nitrogens with zero attached hydrogens (tertiary/aromatic N) is 1. The number of anilines is 1. The highest BCUT2D eigenvalue weighted by molar-refractivity contribution is 6.02. The number of hydrogen-bond donors (Lipinski definition) is 3. The third-order valence-electron chi connectivity index (χ3n) is 3.61. The van der Waals surface area contributed by atoms with Crippen LogP contribution in [0.25, 0.3) is 0 Å². The Morgan fingerprint density at radius 1 is 1.24 bits per heavy atom. The van der Waals surface area contributed by atoms with Crippen molar-refractivity contribution in [2.24, 2.45) is 10.7 Å². The first-order chi connectivity index (χ1) is 9.56. The molecule has 1 aromatic carbocycles. The molecule has 0 aromatic heterocycles. The van der Waals surface area contributed by atoms with Crippen LogP contribution in [0, 0.1) is 13.8 Å². The van der Waals surface area contributed by atoms with E-state index in [2.05, 4.69) is 15.6 Å². The standard InChI is InChI=1S/C15H22N4O.ClH/c1-10-6-5-7-11(2)13(10)18-15(20)19-14(16)17-12-8-3-4-9-12;/h5-7,12H,3-4,8-9H2,1-2H3,(H4,16,17,18,19,20);1H. The van der Waals surface area contributed by atoms with Crippen LogP contribution < -0.4 is 16.4 Å². The van der Waals surface area contributed by atoms with Crippen molar-refractivity contribution >= 4 is 30.1 Å². The number of aliphatic imine (C=N–C) groups is 1. The Morgan fingerprint density at radius 2 is 1.81 bits per heavy atom. The van der Waals surface area contributed by atoms with Crippen molar-refractivity contribution in [1.29, 1.82) is 0 Å². The van der Waals surface area contributed by atoms with Crippen LogP contribution >= 0.6 is 12.4 Å². The molecular weight excluding hydrogens is 288 g/mol. The van der Waals surface area contributed by atoms with Crippen molar-refractivity contribution in [1.82, 2.24) is 5.32 Å². The predicted octanol–water partition coefficient (Wildman–Crippen LogP) is 3.10. The molecular formula is C15H23ClN4O. The molecule has 2 amide bonds. The van der Waals surface area contributed by atoms with Crippen molar-refractivity contribution < 1.29 is 4.79 Å². The van der Waals surface area contributed by atoms with E-state index in [1.807, 2.05) is 32.0 Å². The highest BCUT2D eigenvalue weighted by Crippen LogP contribution is 2.21. The average molecular weight is 311 g/mol. The second-order valence-electron chi connectivity index (χ2n) is 5.30. The van der Waals surface area contributed by atoms with Gasteiger partial charge in [0.2, 0.25) is 0 Å². The van der Waals surface area contributed by atoms with Gasteiger partial charge in [0.25, 0.3) is 0 Å². The van der Waals surface area contributed by atoms with Crippen LogP contribution in [0.2, 0.25) is 0 Å². The van der Waals surface area contributed by atoms with E-state index in [9.17, 15) is 4.79 Å². The Bertz CT molecular complexity index is 504. The molecule has 5 nitrogen and oxygen atoms in total. The van der Waals surface area contributed by atoms with E-state index in [0.29, 0.717) is 0 Å². The molecule has 0 radical (unpaired) electrons. The molecule has 0 atom stereocenters. The second-order valence-corrected chi connectivity index (χ2v) is 5.30. The van der Waals surface area contributed by atoms with Gasteiger partial charge < -0.3 is 11.1 Å². The van der Waals surface area contributed by atoms with Crippen molar-refractivity contribution in [2.45, 2.75) is 45.6 Å². The van der Waals surface area contributed by atoms with Crippen LogP contribution in [0.15, 0.2) is 23.2 Å². The lowest BCUT2D eigenvalue weighted by atomic mass is 10.1. The summed E-state index contributed by atoms with van der Waals surface area (Å²) in [6.07, 6.45) is 4.49. The topological polar surface area (TPSA) is 79.5 Å². The van der Waals surface area contributed by atoms with Crippen molar-refractivity contribution in [3.05, 3.63) is 29.3 Å². The number of nitrogens with two attached hydrogens (primary N) is 1. The van der Waals surface area contributed by atoms with E-state index >= 15 is 0 Å². The maximum absolute atomic E-state index is 11.9. The molecule has 0 spiro atoms. The van der Waals surface area contributed by atoms with Gasteiger partial charge in [-0.1, -0.05) is 31.0 Å². The largest absolute Gasteiger partial charge is 0.370 e. The molecule has 116 valence electrons. The number of amides is 2. The van der Waals surface area contributed by atoms with E-state index in [-0.39, 0.29) is 30.4 Å². The summed E-state index contributed by atoms with van der Waals surface area (Å²) in [4.78, 5) is 16.2. The SMILES string of the molecule is Cc1cccc(C)c1NC(=O)NC(N)=NC1CCCC1.Cl. The Balaban J connectivity index is 0.00000220. The number of carbonyl (C=O) groups excluding carboxylic acids is 1. The lowest BCUT2D eigenvalue weighted by Crippen LogP contribution is -2.40. The fraction of sp³-hybridized carbons (Fsp3) is 0.467. The molecule has 0 aliphatic heterocycles. The molecule has 21 heavy (non-hydrogen) atoms. The summed E-state index contributed by atoms with van der Waals surface area (Å²) in [7, 11) is 0. The third kappa shape index (κ3) is 4.93. The summed E-state index contributed by atoms with van der Waals surface area (Å²) >= 11 is 0. The van der Waals surface area contributed by atoms with Crippen LogP contribution in [0.1, 0.15) is 36.8 Å². The van der Waals surface area contributed by atoms with Gasteiger partial charge in [0.05, 0.1) is 6.04 Å². The molecule has 1 aliphatic carbocycles. The molecule has 1 saturated carbocycles. The highest BCUT2D eigenvalue weighted by Gasteiger charge is 2.15. The van der Waals surface area contributed by atoms with Gasteiger partial charge in [-0.05, 0) is 37.8 Å². The molecule has 4 N–H and O–H groups in total. The second kappa shape index (κ2) is 7.88. The minimum Gasteiger partial charge on any atom is -0.370 e. The van der Waals surface area contributed by atoms with Crippen LogP contribution in [-0.4, -0.2) is 18.0 Å². The lowest BCUT2D eigenvalue weighted by Gasteiger charge is -2.12. The molecule has 1 aromatic rings. The highest BCUT2D eigenvalue weighted by atomic mass is 35.5. The van der Waals surface area contributed by atoms with Gasteiger partial charge in [-0.3, -0.25) is 5.32 Å². The normalized spacial score (nSPS) is 15.4. The maximum Gasteiger partial charge on any atom is 0.326 e. The Labute approximate surface area is 131 Å². The molecule has 0 saturated heterocycles. The minimum absolute atomic E-state index is 0. The number of guanidine groups is 1. The Hall–Kier alpha value is -1.75. The monoisotopic (exact) mass is 310 g/mol. The third-order valence-corrected chi connectivity index (χ3v) is 3.61. The van der Waals surface area contributed by atoms with E-state index in [1.54, 1.807) is 0 Å². The predicted molar refractivity (Wildman–Crippen MR) is 89.2 cm³/mol. The van der Waals surface area contributed by atoms with Crippen LogP contribution in [0.4, 0.5) is 10.5 Å². The summed E-state index contributed by atoms with van der Waals surface area (Å²) in [5.74, 6) is 0.195. The summed E-state index contributed by atoms with van der Waals surface area (Å²) in [5, 5.41) is 5.41. The smallest absolute Gasteiger partial charge is 0.326 e. The zero-order valence-corrected chi connectivity index (χ0v) is 13.3. The van der Waals surface area contributed by atoms with E-state index in [0.717, 1.165) is 29.7 Å². The van der Waals surface area contributed by atoms with Crippen molar-refractivity contribution in [3.63, 3.8) is 0 Å². The fourth-order valence-electron chi connectivity index (χ4n) is 2.54. The first kappa shape index (κ1) is 17.3. The number of aryl methyl sites for hydroxylation is 2. The van der Waals surface area contributed by atoms with E-state index in [4.69, 9.17) is 5.73 Å². The number of urea groups is 1. The van der Waals surface area contributed by atoms with Crippen molar-refractivity contribution in [3.8, 4) is 0 Å². The molecule has 6 heteroatoms. The average Bonchev–Trinajstić information content (AvgIpc) is 2.86. The number of carbonyl (C=O) groups is 1. The van der Waals surface area contributed by atoms with E-state index < -0.39 is 0 Å². The minimum atomic E-state index is -0.346. The number of hydrogen-bond acceptors (Lipinski definition) is 2. The molecule has 1 aliphatic rings.